The van der Waals surface area contributed by atoms with Crippen molar-refractivity contribution in [3.8, 4) is 0 Å². The second-order valence-electron chi connectivity index (χ2n) is 8.33. The molecule has 2 aliphatic rings. The van der Waals surface area contributed by atoms with Crippen molar-refractivity contribution in [2.24, 2.45) is 5.92 Å². The monoisotopic (exact) mass is 498 g/mol. The maximum atomic E-state index is 13.2. The SMILES string of the molecule is COC(=O)c1ccccc1N1CC(C(=O)N2CCN(c3nc4ccc(Cl)cc4s3)CC2)CC1=O. The minimum absolute atomic E-state index is 0.0258. The van der Waals surface area contributed by atoms with Crippen molar-refractivity contribution < 1.29 is 19.1 Å². The van der Waals surface area contributed by atoms with E-state index in [4.69, 9.17) is 21.3 Å². The van der Waals surface area contributed by atoms with E-state index in [1.54, 1.807) is 35.6 Å². The maximum absolute atomic E-state index is 13.2. The highest BCUT2D eigenvalue weighted by atomic mass is 35.5. The van der Waals surface area contributed by atoms with E-state index in [1.165, 1.54) is 12.0 Å². The Hall–Kier alpha value is -3.17. The van der Waals surface area contributed by atoms with Gasteiger partial charge in [-0.1, -0.05) is 35.1 Å². The molecule has 8 nitrogen and oxygen atoms in total. The topological polar surface area (TPSA) is 83.1 Å². The van der Waals surface area contributed by atoms with Gasteiger partial charge < -0.3 is 19.4 Å². The average Bonchev–Trinajstić information content (AvgIpc) is 3.46. The number of methoxy groups -OCH3 is 1. The normalized spacial score (nSPS) is 18.6. The summed E-state index contributed by atoms with van der Waals surface area (Å²) in [7, 11) is 1.31. The fourth-order valence-corrected chi connectivity index (χ4v) is 5.79. The number of hydrogen-bond acceptors (Lipinski definition) is 7. The largest absolute Gasteiger partial charge is 0.465 e. The van der Waals surface area contributed by atoms with E-state index in [0.29, 0.717) is 42.5 Å². The number of para-hydroxylation sites is 1. The number of nitrogens with zero attached hydrogens (tertiary/aromatic N) is 4. The summed E-state index contributed by atoms with van der Waals surface area (Å²) in [5.41, 5.74) is 1.72. The summed E-state index contributed by atoms with van der Waals surface area (Å²) >= 11 is 7.69. The molecule has 3 heterocycles. The number of anilines is 2. The second-order valence-corrected chi connectivity index (χ2v) is 9.78. The first-order chi connectivity index (χ1) is 16.4. The number of rotatable bonds is 4. The molecule has 0 spiro atoms. The molecule has 2 aliphatic heterocycles. The van der Waals surface area contributed by atoms with Crippen LogP contribution in [0, 0.1) is 5.92 Å². The summed E-state index contributed by atoms with van der Waals surface area (Å²) in [4.78, 5) is 48.4. The number of halogens is 1. The smallest absolute Gasteiger partial charge is 0.339 e. The van der Waals surface area contributed by atoms with E-state index >= 15 is 0 Å². The van der Waals surface area contributed by atoms with E-state index in [0.717, 1.165) is 15.3 Å². The third kappa shape index (κ3) is 4.21. The predicted molar refractivity (Wildman–Crippen MR) is 132 cm³/mol. The Morgan fingerprint density at radius 3 is 2.65 bits per heavy atom. The molecular weight excluding hydrogens is 476 g/mol. The highest BCUT2D eigenvalue weighted by molar-refractivity contribution is 7.22. The maximum Gasteiger partial charge on any atom is 0.339 e. The third-order valence-electron chi connectivity index (χ3n) is 6.28. The van der Waals surface area contributed by atoms with Crippen molar-refractivity contribution in [2.45, 2.75) is 6.42 Å². The summed E-state index contributed by atoms with van der Waals surface area (Å²) in [6.07, 6.45) is 0.132. The molecular formula is C24H23ClN4O4S. The zero-order valence-electron chi connectivity index (χ0n) is 18.6. The van der Waals surface area contributed by atoms with Gasteiger partial charge in [0.1, 0.15) is 0 Å². The lowest BCUT2D eigenvalue weighted by atomic mass is 10.1. The highest BCUT2D eigenvalue weighted by Gasteiger charge is 2.39. The van der Waals surface area contributed by atoms with Crippen molar-refractivity contribution in [2.75, 3.05) is 49.6 Å². The van der Waals surface area contributed by atoms with Crippen molar-refractivity contribution in [3.63, 3.8) is 0 Å². The molecule has 1 unspecified atom stereocenters. The summed E-state index contributed by atoms with van der Waals surface area (Å²) in [5, 5.41) is 1.61. The Balaban J connectivity index is 1.24. The number of ether oxygens (including phenoxy) is 1. The Kier molecular flexibility index (Phi) is 6.14. The second kappa shape index (κ2) is 9.23. The van der Waals surface area contributed by atoms with Crippen LogP contribution in [0.15, 0.2) is 42.5 Å². The van der Waals surface area contributed by atoms with Crippen molar-refractivity contribution in [1.29, 1.82) is 0 Å². The molecule has 5 rings (SSSR count). The van der Waals surface area contributed by atoms with Crippen molar-refractivity contribution >= 4 is 61.8 Å². The fourth-order valence-electron chi connectivity index (χ4n) is 4.50. The van der Waals surface area contributed by atoms with Crippen LogP contribution in [-0.2, 0) is 14.3 Å². The van der Waals surface area contributed by atoms with Gasteiger partial charge in [0.15, 0.2) is 5.13 Å². The van der Waals surface area contributed by atoms with Gasteiger partial charge in [0.25, 0.3) is 0 Å². The van der Waals surface area contributed by atoms with Gasteiger partial charge in [0.2, 0.25) is 11.8 Å². The molecule has 0 saturated carbocycles. The molecule has 1 atom stereocenters. The highest BCUT2D eigenvalue weighted by Crippen LogP contribution is 2.32. The number of carbonyl (C=O) groups excluding carboxylic acids is 3. The first kappa shape index (κ1) is 22.6. The Morgan fingerprint density at radius 1 is 1.12 bits per heavy atom. The summed E-state index contributed by atoms with van der Waals surface area (Å²) < 4.78 is 5.88. The first-order valence-corrected chi connectivity index (χ1v) is 12.2. The van der Waals surface area contributed by atoms with Gasteiger partial charge in [-0.15, -0.1) is 0 Å². The fraction of sp³-hybridized carbons (Fsp3) is 0.333. The zero-order chi connectivity index (χ0) is 23.8. The molecule has 0 radical (unpaired) electrons. The van der Waals surface area contributed by atoms with Crippen LogP contribution in [0.3, 0.4) is 0 Å². The molecule has 0 N–H and O–H groups in total. The molecule has 34 heavy (non-hydrogen) atoms. The van der Waals surface area contributed by atoms with Gasteiger partial charge in [-0.3, -0.25) is 9.59 Å². The number of aromatic nitrogens is 1. The average molecular weight is 499 g/mol. The van der Waals surface area contributed by atoms with Gasteiger partial charge in [0, 0.05) is 44.2 Å². The number of amides is 2. The van der Waals surface area contributed by atoms with Crippen LogP contribution in [0.25, 0.3) is 10.2 Å². The van der Waals surface area contributed by atoms with E-state index in [2.05, 4.69) is 4.90 Å². The Bertz CT molecular complexity index is 1270. The number of fused-ring (bicyclic) bond motifs is 1. The minimum Gasteiger partial charge on any atom is -0.465 e. The molecule has 2 amide bonds. The lowest BCUT2D eigenvalue weighted by Crippen LogP contribution is -2.50. The van der Waals surface area contributed by atoms with Gasteiger partial charge >= 0.3 is 5.97 Å². The Morgan fingerprint density at radius 2 is 1.88 bits per heavy atom. The van der Waals surface area contributed by atoms with Gasteiger partial charge in [0.05, 0.1) is 34.5 Å². The number of benzene rings is 2. The summed E-state index contributed by atoms with van der Waals surface area (Å²) in [6, 6.07) is 12.5. The number of carbonyl (C=O) groups is 3. The van der Waals surface area contributed by atoms with Gasteiger partial charge in [-0.2, -0.15) is 0 Å². The number of thiazole rings is 1. The van der Waals surface area contributed by atoms with E-state index in [-0.39, 0.29) is 24.8 Å². The molecule has 176 valence electrons. The third-order valence-corrected chi connectivity index (χ3v) is 7.59. The number of esters is 1. The molecule has 10 heteroatoms. The molecule has 2 fully saturated rings. The van der Waals surface area contributed by atoms with Crippen molar-refractivity contribution in [1.82, 2.24) is 9.88 Å². The van der Waals surface area contributed by atoms with Crippen LogP contribution in [-0.4, -0.2) is 67.5 Å². The van der Waals surface area contributed by atoms with E-state index in [1.807, 2.05) is 23.1 Å². The van der Waals surface area contributed by atoms with Crippen LogP contribution >= 0.6 is 22.9 Å². The van der Waals surface area contributed by atoms with Gasteiger partial charge in [-0.05, 0) is 30.3 Å². The van der Waals surface area contributed by atoms with Crippen LogP contribution in [0.4, 0.5) is 10.8 Å². The molecule has 0 aliphatic carbocycles. The molecule has 1 aromatic heterocycles. The van der Waals surface area contributed by atoms with E-state index < -0.39 is 11.9 Å². The summed E-state index contributed by atoms with van der Waals surface area (Å²) in [6.45, 7) is 2.74. The zero-order valence-corrected chi connectivity index (χ0v) is 20.1. The minimum atomic E-state index is -0.508. The van der Waals surface area contributed by atoms with Crippen molar-refractivity contribution in [3.05, 3.63) is 53.1 Å². The first-order valence-electron chi connectivity index (χ1n) is 11.0. The molecule has 2 saturated heterocycles. The molecule has 2 aromatic carbocycles. The van der Waals surface area contributed by atoms with Crippen LogP contribution in [0.5, 0.6) is 0 Å². The molecule has 3 aromatic rings. The number of hydrogen-bond donors (Lipinski definition) is 0. The quantitative estimate of drug-likeness (QED) is 0.512. The van der Waals surface area contributed by atoms with Crippen LogP contribution < -0.4 is 9.80 Å². The standard InChI is InChI=1S/C24H23ClN4O4S/c1-33-23(32)17-4-2-3-5-19(17)29-14-15(12-21(29)30)22(31)27-8-10-28(11-9-27)24-26-18-7-6-16(25)13-20(18)34-24/h2-7,13,15H,8-12,14H2,1H3. The lowest BCUT2D eigenvalue weighted by Gasteiger charge is -2.35. The lowest BCUT2D eigenvalue weighted by molar-refractivity contribution is -0.136. The summed E-state index contributed by atoms with van der Waals surface area (Å²) in [5.74, 6) is -1.13. The van der Waals surface area contributed by atoms with Crippen LogP contribution in [0.1, 0.15) is 16.8 Å². The number of piperazine rings is 1. The predicted octanol–water partition coefficient (Wildman–Crippen LogP) is 3.44. The van der Waals surface area contributed by atoms with E-state index in [9.17, 15) is 14.4 Å². The van der Waals surface area contributed by atoms with Crippen LogP contribution in [0.2, 0.25) is 5.02 Å². The van der Waals surface area contributed by atoms with Gasteiger partial charge in [-0.25, -0.2) is 9.78 Å². The Labute approximate surface area is 205 Å². The molecule has 0 bridgehead atoms.